The van der Waals surface area contributed by atoms with Crippen LogP contribution >= 0.6 is 9.24 Å². The molecule has 1 unspecified atom stereocenters. The molecule has 1 atom stereocenters. The number of hydrogen-bond donors (Lipinski definition) is 1. The summed E-state index contributed by atoms with van der Waals surface area (Å²) in [6.45, 7) is 1.57. The number of aliphatic hydroxyl groups is 1. The van der Waals surface area contributed by atoms with E-state index in [0.29, 0.717) is 5.75 Å². The van der Waals surface area contributed by atoms with Crippen LogP contribution in [0.4, 0.5) is 0 Å². The summed E-state index contributed by atoms with van der Waals surface area (Å²) in [5.74, 6) is 0.669. The van der Waals surface area contributed by atoms with E-state index in [1.54, 1.807) is 19.1 Å². The van der Waals surface area contributed by atoms with Crippen molar-refractivity contribution in [2.45, 2.75) is 13.2 Å². The predicted molar refractivity (Wildman–Crippen MR) is 46.7 cm³/mol. The van der Waals surface area contributed by atoms with Gasteiger partial charge in [0, 0.05) is 0 Å². The van der Waals surface area contributed by atoms with Crippen LogP contribution in [0.2, 0.25) is 0 Å². The van der Waals surface area contributed by atoms with E-state index in [1.807, 2.05) is 12.1 Å². The molecule has 0 amide bonds. The number of ether oxygens (including phenoxy) is 1. The van der Waals surface area contributed by atoms with Gasteiger partial charge in [-0.25, -0.2) is 5.30 Å². The van der Waals surface area contributed by atoms with Gasteiger partial charge in [0.25, 0.3) is 0 Å². The monoisotopic (exact) mass is 176 g/mol. The molecule has 0 aromatic heterocycles. The molecule has 0 aliphatic heterocycles. The minimum atomic E-state index is -0.754. The molecular weight excluding hydrogens is 166 g/mol. The van der Waals surface area contributed by atoms with Crippen molar-refractivity contribution in [3.05, 3.63) is 24.3 Å². The van der Waals surface area contributed by atoms with E-state index in [0.717, 1.165) is 5.30 Å². The van der Waals surface area contributed by atoms with E-state index in [2.05, 4.69) is 9.24 Å². The number of aliphatic hydroxyl groups excluding tert-OH is 1. The Kier molecular flexibility index (Phi) is 5.62. The van der Waals surface area contributed by atoms with Crippen LogP contribution in [0.3, 0.4) is 0 Å². The smallest absolute Gasteiger partial charge is 0.525 e. The first-order valence-corrected chi connectivity index (χ1v) is 3.85. The van der Waals surface area contributed by atoms with Crippen LogP contribution < -0.4 is 28.9 Å². The summed E-state index contributed by atoms with van der Waals surface area (Å²) >= 11 is 0. The Balaban J connectivity index is 0.00000121. The minimum Gasteiger partial charge on any atom is -0.525 e. The number of rotatable bonds is 2. The largest absolute Gasteiger partial charge is 1.00 e. The van der Waals surface area contributed by atoms with Crippen LogP contribution in [-0.2, 0) is 0 Å². The first-order valence-electron chi connectivity index (χ1n) is 3.35. The van der Waals surface area contributed by atoms with Crippen molar-refractivity contribution in [3.63, 3.8) is 0 Å². The van der Waals surface area contributed by atoms with Gasteiger partial charge in [-0.15, -0.1) is 0 Å². The maximum atomic E-state index is 8.84. The standard InChI is InChI=1S/C8H10O2P.Li/c1-6(9)10-7-2-4-8(11)5-3-7;/h2-6,9,11H,1H3;/q-1;+1. The maximum absolute atomic E-state index is 8.84. The minimum absolute atomic E-state index is 0. The summed E-state index contributed by atoms with van der Waals surface area (Å²) in [4.78, 5) is 0. The van der Waals surface area contributed by atoms with Crippen molar-refractivity contribution in [2.24, 2.45) is 0 Å². The van der Waals surface area contributed by atoms with Gasteiger partial charge in [0.05, 0.1) is 0 Å². The second-order valence-corrected chi connectivity index (χ2v) is 2.82. The predicted octanol–water partition coefficient (Wildman–Crippen LogP) is -1.82. The van der Waals surface area contributed by atoms with E-state index in [9.17, 15) is 0 Å². The molecular formula is C8H10LiO2P. The van der Waals surface area contributed by atoms with Gasteiger partial charge in [0.1, 0.15) is 5.75 Å². The van der Waals surface area contributed by atoms with Crippen LogP contribution in [0.5, 0.6) is 5.75 Å². The van der Waals surface area contributed by atoms with Gasteiger partial charge >= 0.3 is 18.9 Å². The Morgan fingerprint density at radius 3 is 2.25 bits per heavy atom. The van der Waals surface area contributed by atoms with Crippen molar-refractivity contribution < 1.29 is 28.7 Å². The van der Waals surface area contributed by atoms with E-state index >= 15 is 0 Å². The van der Waals surface area contributed by atoms with E-state index in [4.69, 9.17) is 9.84 Å². The van der Waals surface area contributed by atoms with E-state index < -0.39 is 6.29 Å². The van der Waals surface area contributed by atoms with Crippen LogP contribution in [0, 0.1) is 0 Å². The fourth-order valence-electron chi connectivity index (χ4n) is 0.730. The van der Waals surface area contributed by atoms with Gasteiger partial charge in [-0.2, -0.15) is 0 Å². The Morgan fingerprint density at radius 2 is 1.83 bits per heavy atom. The van der Waals surface area contributed by atoms with Crippen LogP contribution in [0.15, 0.2) is 24.3 Å². The SMILES string of the molecule is CC(O)Oc1ccc([PH-])cc1.[Li+]. The van der Waals surface area contributed by atoms with Gasteiger partial charge in [0.15, 0.2) is 6.29 Å². The second-order valence-electron chi connectivity index (χ2n) is 2.24. The van der Waals surface area contributed by atoms with Gasteiger partial charge in [-0.1, -0.05) is 12.1 Å². The molecule has 2 nitrogen and oxygen atoms in total. The van der Waals surface area contributed by atoms with Gasteiger partial charge in [-0.05, 0) is 19.1 Å². The summed E-state index contributed by atoms with van der Waals surface area (Å²) < 4.78 is 5.00. The van der Waals surface area contributed by atoms with E-state index in [-0.39, 0.29) is 18.9 Å². The normalized spacial score (nSPS) is 11.6. The summed E-state index contributed by atoms with van der Waals surface area (Å²) in [7, 11) is 3.34. The fourth-order valence-corrected chi connectivity index (χ4v) is 0.897. The Labute approximate surface area is 86.7 Å². The zero-order valence-corrected chi connectivity index (χ0v) is 8.24. The number of hydrogen-bond acceptors (Lipinski definition) is 2. The summed E-state index contributed by atoms with van der Waals surface area (Å²) in [5, 5.41) is 9.83. The van der Waals surface area contributed by atoms with Crippen LogP contribution in [0.1, 0.15) is 6.92 Å². The molecule has 4 heteroatoms. The third-order valence-corrected chi connectivity index (χ3v) is 1.49. The molecule has 0 radical (unpaired) electrons. The molecule has 1 N–H and O–H groups in total. The summed E-state index contributed by atoms with van der Waals surface area (Å²) in [6.07, 6.45) is -0.754. The summed E-state index contributed by atoms with van der Waals surface area (Å²) in [5.41, 5.74) is 0. The topological polar surface area (TPSA) is 29.5 Å². The molecule has 1 aromatic carbocycles. The zero-order valence-electron chi connectivity index (χ0n) is 7.24. The maximum Gasteiger partial charge on any atom is 1.00 e. The number of benzene rings is 1. The zero-order chi connectivity index (χ0) is 8.27. The Bertz CT molecular complexity index is 223. The molecule has 0 fully saturated rings. The molecule has 0 saturated heterocycles. The van der Waals surface area contributed by atoms with Crippen molar-refractivity contribution in [1.29, 1.82) is 0 Å². The molecule has 0 aliphatic rings. The first kappa shape index (κ1) is 12.0. The summed E-state index contributed by atoms with van der Waals surface area (Å²) in [6, 6.07) is 7.29. The van der Waals surface area contributed by atoms with Crippen molar-refractivity contribution in [2.75, 3.05) is 0 Å². The third kappa shape index (κ3) is 4.14. The molecule has 1 aromatic rings. The van der Waals surface area contributed by atoms with Gasteiger partial charge < -0.3 is 19.1 Å². The molecule has 60 valence electrons. The van der Waals surface area contributed by atoms with Gasteiger partial charge in [-0.3, -0.25) is 0 Å². The Hall–Kier alpha value is 0.00740. The molecule has 0 saturated carbocycles. The molecule has 0 bridgehead atoms. The third-order valence-electron chi connectivity index (χ3n) is 1.16. The first-order chi connectivity index (χ1) is 5.18. The van der Waals surface area contributed by atoms with Crippen LogP contribution in [-0.4, -0.2) is 11.4 Å². The van der Waals surface area contributed by atoms with Gasteiger partial charge in [0.2, 0.25) is 0 Å². The molecule has 0 spiro atoms. The molecule has 1 rings (SSSR count). The molecule has 0 aliphatic carbocycles. The quantitative estimate of drug-likeness (QED) is 0.326. The molecule has 12 heavy (non-hydrogen) atoms. The van der Waals surface area contributed by atoms with Crippen molar-refractivity contribution in [1.82, 2.24) is 0 Å². The fraction of sp³-hybridized carbons (Fsp3) is 0.250. The second kappa shape index (κ2) is 5.62. The average molecular weight is 176 g/mol. The Morgan fingerprint density at radius 1 is 1.33 bits per heavy atom. The van der Waals surface area contributed by atoms with Crippen molar-refractivity contribution >= 4 is 14.5 Å². The van der Waals surface area contributed by atoms with E-state index in [1.165, 1.54) is 0 Å². The van der Waals surface area contributed by atoms with Crippen LogP contribution in [0.25, 0.3) is 0 Å². The van der Waals surface area contributed by atoms with Crippen molar-refractivity contribution in [3.8, 4) is 5.75 Å². The molecule has 0 heterocycles. The average Bonchev–Trinajstić information content (AvgIpc) is 1.93.